The number of carbonyl (C=O) groups excluding carboxylic acids is 1. The zero-order chi connectivity index (χ0) is 14.7. The van der Waals surface area contributed by atoms with Gasteiger partial charge in [0.2, 0.25) is 5.91 Å². The quantitative estimate of drug-likeness (QED) is 0.890. The molecule has 1 aromatic rings. The predicted octanol–water partition coefficient (Wildman–Crippen LogP) is 2.01. The molecule has 21 heavy (non-hydrogen) atoms. The first-order valence-electron chi connectivity index (χ1n) is 8.09. The van der Waals surface area contributed by atoms with E-state index in [0.29, 0.717) is 0 Å². The van der Waals surface area contributed by atoms with Gasteiger partial charge in [-0.05, 0) is 57.3 Å². The summed E-state index contributed by atoms with van der Waals surface area (Å²) in [5.41, 5.74) is 2.42. The molecule has 4 heteroatoms. The molecular weight excluding hydrogens is 262 g/mol. The van der Waals surface area contributed by atoms with Gasteiger partial charge in [0.1, 0.15) is 6.04 Å². The molecule has 1 fully saturated rings. The number of amides is 1. The molecule has 0 saturated carbocycles. The van der Waals surface area contributed by atoms with Gasteiger partial charge in [-0.1, -0.05) is 18.2 Å². The molecule has 0 spiro atoms. The first kappa shape index (κ1) is 14.4. The van der Waals surface area contributed by atoms with Crippen LogP contribution in [-0.2, 0) is 11.2 Å². The molecule has 0 radical (unpaired) electrons. The number of benzene rings is 1. The van der Waals surface area contributed by atoms with E-state index >= 15 is 0 Å². The van der Waals surface area contributed by atoms with Crippen LogP contribution in [0.5, 0.6) is 0 Å². The zero-order valence-corrected chi connectivity index (χ0v) is 12.8. The maximum Gasteiger partial charge on any atom is 0.242 e. The van der Waals surface area contributed by atoms with E-state index in [0.717, 1.165) is 25.1 Å². The Morgan fingerprint density at radius 3 is 2.95 bits per heavy atom. The van der Waals surface area contributed by atoms with Crippen LogP contribution in [0.3, 0.4) is 0 Å². The van der Waals surface area contributed by atoms with Gasteiger partial charge in [0.25, 0.3) is 0 Å². The number of rotatable bonds is 4. The highest BCUT2D eigenvalue weighted by Crippen LogP contribution is 2.24. The second-order valence-electron chi connectivity index (χ2n) is 6.31. The maximum atomic E-state index is 12.4. The van der Waals surface area contributed by atoms with Gasteiger partial charge in [0, 0.05) is 18.3 Å². The van der Waals surface area contributed by atoms with Crippen LogP contribution in [0.1, 0.15) is 31.7 Å². The van der Waals surface area contributed by atoms with Crippen LogP contribution < -0.4 is 10.6 Å². The molecule has 2 N–H and O–H groups in total. The van der Waals surface area contributed by atoms with E-state index in [4.69, 9.17) is 0 Å². The fourth-order valence-electron chi connectivity index (χ4n) is 3.38. The fraction of sp³-hybridized carbons (Fsp3) is 0.588. The molecule has 3 rings (SSSR count). The number of anilines is 1. The first-order chi connectivity index (χ1) is 10.2. The Morgan fingerprint density at radius 1 is 1.38 bits per heavy atom. The number of hydrogen-bond donors (Lipinski definition) is 2. The normalized spacial score (nSPS) is 23.2. The molecule has 0 aromatic heterocycles. The van der Waals surface area contributed by atoms with E-state index in [1.165, 1.54) is 31.5 Å². The van der Waals surface area contributed by atoms with Crippen LogP contribution in [0.2, 0.25) is 0 Å². The Hall–Kier alpha value is -1.55. The van der Waals surface area contributed by atoms with Crippen molar-refractivity contribution in [2.45, 2.75) is 44.7 Å². The summed E-state index contributed by atoms with van der Waals surface area (Å²) in [6, 6.07) is 8.38. The summed E-state index contributed by atoms with van der Waals surface area (Å²) in [6.45, 7) is 5.42. The van der Waals surface area contributed by atoms with E-state index in [1.54, 1.807) is 0 Å². The third-order valence-corrected chi connectivity index (χ3v) is 4.49. The SMILES string of the molecule is CC(CN1CCCC1)NC(=O)C1CCc2ccccc2N1. The number of para-hydroxylation sites is 1. The molecule has 0 bridgehead atoms. The average molecular weight is 287 g/mol. The fourth-order valence-corrected chi connectivity index (χ4v) is 3.38. The minimum atomic E-state index is -0.0964. The van der Waals surface area contributed by atoms with Crippen molar-refractivity contribution in [3.8, 4) is 0 Å². The van der Waals surface area contributed by atoms with Crippen LogP contribution in [0.4, 0.5) is 5.69 Å². The summed E-state index contributed by atoms with van der Waals surface area (Å²) in [7, 11) is 0. The predicted molar refractivity (Wildman–Crippen MR) is 85.5 cm³/mol. The first-order valence-corrected chi connectivity index (χ1v) is 8.09. The molecule has 2 unspecified atom stereocenters. The standard InChI is InChI=1S/C17H25N3O/c1-13(12-20-10-4-5-11-20)18-17(21)16-9-8-14-6-2-3-7-15(14)19-16/h2-3,6-7,13,16,19H,4-5,8-12H2,1H3,(H,18,21). The number of nitrogens with one attached hydrogen (secondary N) is 2. The molecule has 114 valence electrons. The van der Waals surface area contributed by atoms with Gasteiger partial charge in [-0.2, -0.15) is 0 Å². The van der Waals surface area contributed by atoms with Crippen LogP contribution in [-0.4, -0.2) is 42.5 Å². The van der Waals surface area contributed by atoms with Crippen LogP contribution >= 0.6 is 0 Å². The third kappa shape index (κ3) is 3.56. The molecule has 2 aliphatic heterocycles. The van der Waals surface area contributed by atoms with Crippen LogP contribution in [0.25, 0.3) is 0 Å². The lowest BCUT2D eigenvalue weighted by Crippen LogP contribution is -2.48. The highest BCUT2D eigenvalue weighted by atomic mass is 16.2. The maximum absolute atomic E-state index is 12.4. The van der Waals surface area contributed by atoms with E-state index in [1.807, 2.05) is 6.07 Å². The van der Waals surface area contributed by atoms with Crippen molar-refractivity contribution in [1.82, 2.24) is 10.2 Å². The topological polar surface area (TPSA) is 44.4 Å². The number of likely N-dealkylation sites (tertiary alicyclic amines) is 1. The van der Waals surface area contributed by atoms with Crippen molar-refractivity contribution in [2.24, 2.45) is 0 Å². The molecule has 1 aromatic carbocycles. The summed E-state index contributed by atoms with van der Waals surface area (Å²) in [5, 5.41) is 6.53. The van der Waals surface area contributed by atoms with Crippen molar-refractivity contribution in [3.63, 3.8) is 0 Å². The Morgan fingerprint density at radius 2 is 2.14 bits per heavy atom. The largest absolute Gasteiger partial charge is 0.373 e. The lowest BCUT2D eigenvalue weighted by molar-refractivity contribution is -0.122. The molecule has 1 saturated heterocycles. The number of carbonyl (C=O) groups is 1. The van der Waals surface area contributed by atoms with Crippen molar-refractivity contribution in [3.05, 3.63) is 29.8 Å². The zero-order valence-electron chi connectivity index (χ0n) is 12.8. The van der Waals surface area contributed by atoms with E-state index in [9.17, 15) is 4.79 Å². The van der Waals surface area contributed by atoms with Gasteiger partial charge >= 0.3 is 0 Å². The van der Waals surface area contributed by atoms with Gasteiger partial charge in [-0.3, -0.25) is 4.79 Å². The third-order valence-electron chi connectivity index (χ3n) is 4.49. The molecule has 2 atom stereocenters. The van der Waals surface area contributed by atoms with Crippen LogP contribution in [0, 0.1) is 0 Å². The summed E-state index contributed by atoms with van der Waals surface area (Å²) in [5.74, 6) is 0.135. The minimum Gasteiger partial charge on any atom is -0.373 e. The molecule has 0 aliphatic carbocycles. The molecule has 1 amide bonds. The Labute approximate surface area is 126 Å². The van der Waals surface area contributed by atoms with Crippen molar-refractivity contribution in [2.75, 3.05) is 25.0 Å². The van der Waals surface area contributed by atoms with E-state index < -0.39 is 0 Å². The van der Waals surface area contributed by atoms with Gasteiger partial charge < -0.3 is 15.5 Å². The second-order valence-corrected chi connectivity index (χ2v) is 6.31. The molecular formula is C17H25N3O. The van der Waals surface area contributed by atoms with Gasteiger partial charge in [-0.15, -0.1) is 0 Å². The number of hydrogen-bond acceptors (Lipinski definition) is 3. The average Bonchev–Trinajstić information content (AvgIpc) is 2.99. The number of fused-ring (bicyclic) bond motifs is 1. The second kappa shape index (κ2) is 6.48. The van der Waals surface area contributed by atoms with Crippen LogP contribution in [0.15, 0.2) is 24.3 Å². The molecule has 4 nitrogen and oxygen atoms in total. The monoisotopic (exact) mass is 287 g/mol. The van der Waals surface area contributed by atoms with Crippen molar-refractivity contribution >= 4 is 11.6 Å². The number of aryl methyl sites for hydroxylation is 1. The van der Waals surface area contributed by atoms with E-state index in [-0.39, 0.29) is 18.0 Å². The summed E-state index contributed by atoms with van der Waals surface area (Å²) < 4.78 is 0. The van der Waals surface area contributed by atoms with Crippen molar-refractivity contribution < 1.29 is 4.79 Å². The smallest absolute Gasteiger partial charge is 0.242 e. The highest BCUT2D eigenvalue weighted by molar-refractivity contribution is 5.85. The molecule has 2 aliphatic rings. The summed E-state index contributed by atoms with van der Waals surface area (Å²) in [6.07, 6.45) is 4.43. The van der Waals surface area contributed by atoms with Gasteiger partial charge in [0.15, 0.2) is 0 Å². The van der Waals surface area contributed by atoms with Gasteiger partial charge in [0.05, 0.1) is 0 Å². The lowest BCUT2D eigenvalue weighted by Gasteiger charge is -2.28. The Kier molecular flexibility index (Phi) is 4.44. The molecule has 2 heterocycles. The summed E-state index contributed by atoms with van der Waals surface area (Å²) >= 11 is 0. The Balaban J connectivity index is 1.51. The Bertz CT molecular complexity index is 497. The van der Waals surface area contributed by atoms with E-state index in [2.05, 4.69) is 40.7 Å². The highest BCUT2D eigenvalue weighted by Gasteiger charge is 2.25. The summed E-state index contributed by atoms with van der Waals surface area (Å²) in [4.78, 5) is 14.8. The minimum absolute atomic E-state index is 0.0964. The lowest BCUT2D eigenvalue weighted by atomic mass is 9.97. The van der Waals surface area contributed by atoms with Crippen molar-refractivity contribution in [1.29, 1.82) is 0 Å². The van der Waals surface area contributed by atoms with Gasteiger partial charge in [-0.25, -0.2) is 0 Å². The number of nitrogens with zero attached hydrogens (tertiary/aromatic N) is 1.